The molecule has 1 aliphatic heterocycles. The maximum Gasteiger partial charge on any atom is 0.152 e. The van der Waals surface area contributed by atoms with Crippen LogP contribution in [0.3, 0.4) is 0 Å². The number of phenols is 1. The van der Waals surface area contributed by atoms with Gasteiger partial charge in [-0.15, -0.1) is 0 Å². The van der Waals surface area contributed by atoms with Crippen LogP contribution in [0.15, 0.2) is 24.5 Å². The highest BCUT2D eigenvalue weighted by molar-refractivity contribution is 6.12. The second kappa shape index (κ2) is 6.34. The van der Waals surface area contributed by atoms with Gasteiger partial charge in [-0.05, 0) is 51.3 Å². The molecule has 0 bridgehead atoms. The van der Waals surface area contributed by atoms with Crippen LogP contribution in [0.2, 0.25) is 0 Å². The highest BCUT2D eigenvalue weighted by Gasteiger charge is 2.23. The van der Waals surface area contributed by atoms with Crippen LogP contribution in [-0.2, 0) is 0 Å². The summed E-state index contributed by atoms with van der Waals surface area (Å²) in [6.45, 7) is 8.07. The standard InChI is InChI=1S/C22H24N6O/c1-12-6-7-17(29)13(2)19(12)28-21-15(18-20(23)24-11-25-22(18)28)10-16(14(3)26-21)27-8-4-5-9-27/h6-7,10-11,29H,4-5,8-9H2,1-3H3,(H2,23,24,25). The number of aromatic nitrogens is 4. The van der Waals surface area contributed by atoms with Crippen molar-refractivity contribution in [2.45, 2.75) is 33.6 Å². The first-order chi connectivity index (χ1) is 14.0. The van der Waals surface area contributed by atoms with Gasteiger partial charge in [0.15, 0.2) is 5.65 Å². The molecule has 0 atom stereocenters. The largest absolute Gasteiger partial charge is 0.508 e. The molecule has 3 aromatic heterocycles. The van der Waals surface area contributed by atoms with Gasteiger partial charge in [0.05, 0.1) is 22.5 Å². The molecule has 29 heavy (non-hydrogen) atoms. The van der Waals surface area contributed by atoms with Crippen molar-refractivity contribution in [1.29, 1.82) is 0 Å². The predicted molar refractivity (Wildman–Crippen MR) is 116 cm³/mol. The summed E-state index contributed by atoms with van der Waals surface area (Å²) in [5.41, 5.74) is 12.6. The fourth-order valence-corrected chi connectivity index (χ4v) is 4.51. The molecule has 1 saturated heterocycles. The number of benzene rings is 1. The lowest BCUT2D eigenvalue weighted by Crippen LogP contribution is -2.19. The molecule has 1 fully saturated rings. The molecule has 7 nitrogen and oxygen atoms in total. The molecule has 0 unspecified atom stereocenters. The average molecular weight is 388 g/mol. The van der Waals surface area contributed by atoms with E-state index in [4.69, 9.17) is 10.7 Å². The number of nitrogen functional groups attached to an aromatic ring is 1. The molecule has 4 aromatic rings. The van der Waals surface area contributed by atoms with Crippen molar-refractivity contribution in [2.75, 3.05) is 23.7 Å². The zero-order valence-corrected chi connectivity index (χ0v) is 16.9. The number of pyridine rings is 1. The first-order valence-electron chi connectivity index (χ1n) is 9.94. The van der Waals surface area contributed by atoms with Crippen molar-refractivity contribution in [3.63, 3.8) is 0 Å². The van der Waals surface area contributed by atoms with Crippen LogP contribution >= 0.6 is 0 Å². The fraction of sp³-hybridized carbons (Fsp3) is 0.318. The Kier molecular flexibility index (Phi) is 3.87. The Morgan fingerprint density at radius 1 is 1.03 bits per heavy atom. The number of aryl methyl sites for hydroxylation is 2. The number of anilines is 2. The van der Waals surface area contributed by atoms with Gasteiger partial charge in [0, 0.05) is 24.0 Å². The molecule has 0 amide bonds. The SMILES string of the molecule is Cc1ccc(O)c(C)c1-n1c2nc(C)c(N3CCCC3)cc2c2c(N)ncnc21. The summed E-state index contributed by atoms with van der Waals surface area (Å²) >= 11 is 0. The number of phenolic OH excluding ortho intramolecular Hbond substituents is 1. The summed E-state index contributed by atoms with van der Waals surface area (Å²) in [4.78, 5) is 16.2. The molecule has 1 aliphatic rings. The Bertz CT molecular complexity index is 1270. The topological polar surface area (TPSA) is 93.1 Å². The average Bonchev–Trinajstić information content (AvgIpc) is 3.32. The van der Waals surface area contributed by atoms with Crippen LogP contribution in [0.25, 0.3) is 27.8 Å². The third-order valence-electron chi connectivity index (χ3n) is 5.99. The second-order valence-electron chi connectivity index (χ2n) is 7.83. The minimum Gasteiger partial charge on any atom is -0.508 e. The Labute approximate surface area is 168 Å². The molecule has 0 saturated carbocycles. The van der Waals surface area contributed by atoms with E-state index in [1.807, 2.05) is 31.4 Å². The lowest BCUT2D eigenvalue weighted by Gasteiger charge is -2.20. The molecule has 0 aliphatic carbocycles. The fourth-order valence-electron chi connectivity index (χ4n) is 4.51. The number of nitrogens with two attached hydrogens (primary N) is 1. The molecule has 1 aromatic carbocycles. The Balaban J connectivity index is 1.93. The zero-order chi connectivity index (χ0) is 20.3. The number of hydrogen-bond acceptors (Lipinski definition) is 6. The van der Waals surface area contributed by atoms with E-state index >= 15 is 0 Å². The van der Waals surface area contributed by atoms with Gasteiger partial charge in [-0.25, -0.2) is 15.0 Å². The van der Waals surface area contributed by atoms with Crippen molar-refractivity contribution in [1.82, 2.24) is 19.5 Å². The summed E-state index contributed by atoms with van der Waals surface area (Å²) in [6.07, 6.45) is 3.88. The Morgan fingerprint density at radius 2 is 1.79 bits per heavy atom. The molecule has 0 radical (unpaired) electrons. The summed E-state index contributed by atoms with van der Waals surface area (Å²) in [7, 11) is 0. The molecule has 5 rings (SSSR count). The van der Waals surface area contributed by atoms with E-state index in [0.29, 0.717) is 11.5 Å². The van der Waals surface area contributed by atoms with Gasteiger partial charge in [-0.3, -0.25) is 4.57 Å². The molecular formula is C22H24N6O. The normalized spacial score (nSPS) is 14.4. The van der Waals surface area contributed by atoms with Crippen molar-refractivity contribution in [2.24, 2.45) is 0 Å². The van der Waals surface area contributed by atoms with E-state index in [0.717, 1.165) is 57.7 Å². The second-order valence-corrected chi connectivity index (χ2v) is 7.83. The Morgan fingerprint density at radius 3 is 2.55 bits per heavy atom. The van der Waals surface area contributed by atoms with Gasteiger partial charge in [0.2, 0.25) is 0 Å². The minimum absolute atomic E-state index is 0.244. The number of aromatic hydroxyl groups is 1. The molecule has 7 heteroatoms. The molecule has 0 spiro atoms. The van der Waals surface area contributed by atoms with E-state index in [1.54, 1.807) is 6.07 Å². The molecule has 148 valence electrons. The summed E-state index contributed by atoms with van der Waals surface area (Å²) in [5.74, 6) is 0.681. The zero-order valence-electron chi connectivity index (χ0n) is 16.9. The third kappa shape index (κ3) is 2.53. The van der Waals surface area contributed by atoms with E-state index in [9.17, 15) is 5.11 Å². The van der Waals surface area contributed by atoms with Crippen LogP contribution in [0.5, 0.6) is 5.75 Å². The van der Waals surface area contributed by atoms with Crippen LogP contribution in [0.1, 0.15) is 29.7 Å². The maximum atomic E-state index is 10.4. The van der Waals surface area contributed by atoms with E-state index in [1.165, 1.54) is 19.2 Å². The lowest BCUT2D eigenvalue weighted by molar-refractivity contribution is 0.470. The summed E-state index contributed by atoms with van der Waals surface area (Å²) < 4.78 is 2.01. The van der Waals surface area contributed by atoms with Crippen molar-refractivity contribution in [3.8, 4) is 11.4 Å². The Hall–Kier alpha value is -3.35. The van der Waals surface area contributed by atoms with Crippen molar-refractivity contribution >= 4 is 33.6 Å². The predicted octanol–water partition coefficient (Wildman–Crippen LogP) is 3.78. The third-order valence-corrected chi connectivity index (χ3v) is 5.99. The van der Waals surface area contributed by atoms with Crippen LogP contribution < -0.4 is 10.6 Å². The maximum absolute atomic E-state index is 10.4. The molecule has 4 heterocycles. The van der Waals surface area contributed by atoms with E-state index in [2.05, 4.69) is 20.9 Å². The highest BCUT2D eigenvalue weighted by atomic mass is 16.3. The number of hydrogen-bond donors (Lipinski definition) is 2. The van der Waals surface area contributed by atoms with E-state index in [-0.39, 0.29) is 5.75 Å². The monoisotopic (exact) mass is 388 g/mol. The van der Waals surface area contributed by atoms with Gasteiger partial charge in [-0.2, -0.15) is 0 Å². The van der Waals surface area contributed by atoms with Gasteiger partial charge in [0.1, 0.15) is 23.5 Å². The first-order valence-corrected chi connectivity index (χ1v) is 9.94. The van der Waals surface area contributed by atoms with Crippen molar-refractivity contribution < 1.29 is 5.11 Å². The number of rotatable bonds is 2. The summed E-state index contributed by atoms with van der Waals surface area (Å²) in [6, 6.07) is 5.80. The van der Waals surface area contributed by atoms with Gasteiger partial charge in [0.25, 0.3) is 0 Å². The lowest BCUT2D eigenvalue weighted by atomic mass is 10.1. The quantitative estimate of drug-likeness (QED) is 0.543. The minimum atomic E-state index is 0.244. The van der Waals surface area contributed by atoms with Crippen LogP contribution in [0.4, 0.5) is 11.5 Å². The first kappa shape index (κ1) is 17.7. The molecule has 3 N–H and O–H groups in total. The molecular weight excluding hydrogens is 364 g/mol. The van der Waals surface area contributed by atoms with Gasteiger partial charge < -0.3 is 15.7 Å². The summed E-state index contributed by atoms with van der Waals surface area (Å²) in [5, 5.41) is 12.1. The van der Waals surface area contributed by atoms with Crippen LogP contribution in [-0.4, -0.2) is 37.7 Å². The smallest absolute Gasteiger partial charge is 0.152 e. The van der Waals surface area contributed by atoms with Crippen molar-refractivity contribution in [3.05, 3.63) is 41.3 Å². The number of nitrogens with zero attached hydrogens (tertiary/aromatic N) is 5. The highest BCUT2D eigenvalue weighted by Crippen LogP contribution is 2.38. The van der Waals surface area contributed by atoms with E-state index < -0.39 is 0 Å². The number of fused-ring (bicyclic) bond motifs is 3. The van der Waals surface area contributed by atoms with Gasteiger partial charge in [-0.1, -0.05) is 6.07 Å². The van der Waals surface area contributed by atoms with Crippen LogP contribution in [0, 0.1) is 20.8 Å². The van der Waals surface area contributed by atoms with Gasteiger partial charge >= 0.3 is 0 Å².